The van der Waals surface area contributed by atoms with E-state index in [-0.39, 0.29) is 23.6 Å². The molecule has 5 aromatic rings. The van der Waals surface area contributed by atoms with Gasteiger partial charge < -0.3 is 18.5 Å². The molecule has 1 aliphatic rings. The average Bonchev–Trinajstić information content (AvgIpc) is 3.50. The summed E-state index contributed by atoms with van der Waals surface area (Å²) in [4.78, 5) is 29.3. The minimum absolute atomic E-state index is 0.0784. The molecule has 0 fully saturated rings. The number of furan rings is 1. The van der Waals surface area contributed by atoms with E-state index in [0.29, 0.717) is 34.6 Å². The number of carbonyl (C=O) groups excluding carboxylic acids is 1. The molecular weight excluding hydrogens is 466 g/mol. The van der Waals surface area contributed by atoms with Crippen LogP contribution in [0.5, 0.6) is 5.75 Å². The predicted molar refractivity (Wildman–Crippen MR) is 140 cm³/mol. The molecule has 0 spiro atoms. The van der Waals surface area contributed by atoms with Gasteiger partial charge in [-0.15, -0.1) is 0 Å². The van der Waals surface area contributed by atoms with Crippen molar-refractivity contribution in [2.24, 2.45) is 0 Å². The lowest BCUT2D eigenvalue weighted by atomic mass is 9.96. The van der Waals surface area contributed by atoms with E-state index >= 15 is 0 Å². The number of hydrogen-bond donors (Lipinski definition) is 0. The summed E-state index contributed by atoms with van der Waals surface area (Å²) < 4.78 is 17.8. The van der Waals surface area contributed by atoms with Gasteiger partial charge in [0, 0.05) is 0 Å². The molecule has 2 aromatic heterocycles. The highest BCUT2D eigenvalue weighted by Gasteiger charge is 2.43. The third-order valence-electron chi connectivity index (χ3n) is 6.74. The lowest BCUT2D eigenvalue weighted by Gasteiger charge is -2.24. The van der Waals surface area contributed by atoms with Crippen LogP contribution in [0.4, 0.5) is 0 Å². The fourth-order valence-corrected chi connectivity index (χ4v) is 5.11. The van der Waals surface area contributed by atoms with Gasteiger partial charge in [-0.05, 0) is 66.4 Å². The molecule has 1 aliphatic heterocycles. The number of ether oxygens (including phenoxy) is 1. The Hall–Kier alpha value is -4.58. The maximum absolute atomic E-state index is 13.9. The van der Waals surface area contributed by atoms with Gasteiger partial charge in [0.2, 0.25) is 5.76 Å². The van der Waals surface area contributed by atoms with Crippen LogP contribution in [-0.2, 0) is 13.2 Å². The van der Waals surface area contributed by atoms with Gasteiger partial charge in [-0.3, -0.25) is 9.59 Å². The first kappa shape index (κ1) is 22.9. The zero-order valence-corrected chi connectivity index (χ0v) is 20.6. The van der Waals surface area contributed by atoms with Gasteiger partial charge >= 0.3 is 0 Å². The van der Waals surface area contributed by atoms with Gasteiger partial charge in [0.25, 0.3) is 5.91 Å². The van der Waals surface area contributed by atoms with E-state index < -0.39 is 6.04 Å². The van der Waals surface area contributed by atoms with Crippen molar-refractivity contribution in [3.8, 4) is 5.75 Å². The summed E-state index contributed by atoms with van der Waals surface area (Å²) in [7, 11) is 0. The van der Waals surface area contributed by atoms with E-state index in [1.807, 2.05) is 80.6 Å². The van der Waals surface area contributed by atoms with Crippen LogP contribution in [0, 0.1) is 13.8 Å². The van der Waals surface area contributed by atoms with E-state index in [1.54, 1.807) is 23.3 Å². The Balaban J connectivity index is 1.47. The van der Waals surface area contributed by atoms with Crippen LogP contribution in [0.3, 0.4) is 0 Å². The number of benzene rings is 3. The zero-order chi connectivity index (χ0) is 25.5. The van der Waals surface area contributed by atoms with Crippen molar-refractivity contribution in [2.75, 3.05) is 0 Å². The molecule has 0 bridgehead atoms. The van der Waals surface area contributed by atoms with Gasteiger partial charge in [-0.25, -0.2) is 0 Å². The fourth-order valence-electron chi connectivity index (χ4n) is 5.11. The number of amides is 1. The standard InChI is InChI=1S/C31H25NO5/c1-19-14-20(2)26-25(15-19)37-30-27(29(26)33)28(32(31(30)34)17-24-12-7-13-35-24)22-10-6-11-23(16-22)36-18-21-8-4-3-5-9-21/h3-16,28H,17-18H2,1-2H3. The first-order valence-corrected chi connectivity index (χ1v) is 12.2. The molecule has 1 unspecified atom stereocenters. The van der Waals surface area contributed by atoms with Crippen LogP contribution in [0.25, 0.3) is 11.0 Å². The van der Waals surface area contributed by atoms with Crippen molar-refractivity contribution >= 4 is 16.9 Å². The summed E-state index contributed by atoms with van der Waals surface area (Å²) in [6, 6.07) is 24.1. The Labute approximate surface area is 213 Å². The normalized spacial score (nSPS) is 14.8. The summed E-state index contributed by atoms with van der Waals surface area (Å²) in [6.07, 6.45) is 1.57. The molecule has 0 saturated carbocycles. The van der Waals surface area contributed by atoms with E-state index in [0.717, 1.165) is 22.3 Å². The number of rotatable bonds is 6. The predicted octanol–water partition coefficient (Wildman–Crippen LogP) is 6.33. The summed E-state index contributed by atoms with van der Waals surface area (Å²) in [6.45, 7) is 4.44. The minimum atomic E-state index is -0.644. The molecule has 6 heteroatoms. The molecule has 0 saturated heterocycles. The van der Waals surface area contributed by atoms with Crippen molar-refractivity contribution in [2.45, 2.75) is 33.0 Å². The molecular formula is C31H25NO5. The quantitative estimate of drug-likeness (QED) is 0.278. The van der Waals surface area contributed by atoms with Crippen LogP contribution < -0.4 is 10.2 Å². The van der Waals surface area contributed by atoms with Gasteiger partial charge in [0.15, 0.2) is 5.43 Å². The monoisotopic (exact) mass is 491 g/mol. The molecule has 6 nitrogen and oxygen atoms in total. The summed E-state index contributed by atoms with van der Waals surface area (Å²) in [5.41, 5.74) is 4.18. The molecule has 1 atom stereocenters. The van der Waals surface area contributed by atoms with Crippen molar-refractivity contribution < 1.29 is 18.4 Å². The smallest absolute Gasteiger partial charge is 0.291 e. The molecule has 37 heavy (non-hydrogen) atoms. The second-order valence-corrected chi connectivity index (χ2v) is 9.39. The highest BCUT2D eigenvalue weighted by molar-refractivity contribution is 5.99. The third kappa shape index (κ3) is 4.10. The number of fused-ring (bicyclic) bond motifs is 2. The Morgan fingerprint density at radius 2 is 1.76 bits per heavy atom. The fraction of sp³-hybridized carbons (Fsp3) is 0.161. The maximum Gasteiger partial charge on any atom is 0.291 e. The Bertz CT molecular complexity index is 1670. The summed E-state index contributed by atoms with van der Waals surface area (Å²) in [5.74, 6) is 1.00. The SMILES string of the molecule is Cc1cc(C)c2c(=O)c3c(oc2c1)C(=O)N(Cc1ccco1)C3c1cccc(OCc2ccccc2)c1. The average molecular weight is 492 g/mol. The molecule has 6 rings (SSSR count). The highest BCUT2D eigenvalue weighted by atomic mass is 16.5. The van der Waals surface area contributed by atoms with Crippen molar-refractivity contribution in [3.05, 3.63) is 135 Å². The largest absolute Gasteiger partial charge is 0.489 e. The zero-order valence-electron chi connectivity index (χ0n) is 20.6. The van der Waals surface area contributed by atoms with E-state index in [1.165, 1.54) is 0 Å². The van der Waals surface area contributed by atoms with Crippen LogP contribution in [-0.4, -0.2) is 10.8 Å². The van der Waals surface area contributed by atoms with Crippen molar-refractivity contribution in [3.63, 3.8) is 0 Å². The first-order chi connectivity index (χ1) is 18.0. The van der Waals surface area contributed by atoms with Crippen LogP contribution in [0.1, 0.15) is 50.2 Å². The topological polar surface area (TPSA) is 72.9 Å². The number of carbonyl (C=O) groups is 1. The van der Waals surface area contributed by atoms with Gasteiger partial charge in [-0.1, -0.05) is 48.5 Å². The van der Waals surface area contributed by atoms with Crippen LogP contribution >= 0.6 is 0 Å². The molecule has 184 valence electrons. The van der Waals surface area contributed by atoms with Gasteiger partial charge in [0.05, 0.1) is 29.8 Å². The molecule has 0 radical (unpaired) electrons. The molecule has 3 heterocycles. The van der Waals surface area contributed by atoms with E-state index in [2.05, 4.69) is 0 Å². The molecule has 1 amide bonds. The Kier molecular flexibility index (Phi) is 5.64. The maximum atomic E-state index is 13.9. The Morgan fingerprint density at radius 3 is 2.54 bits per heavy atom. The highest BCUT2D eigenvalue weighted by Crippen LogP contribution is 2.40. The van der Waals surface area contributed by atoms with Crippen LogP contribution in [0.15, 0.2) is 98.8 Å². The first-order valence-electron chi connectivity index (χ1n) is 12.2. The lowest BCUT2D eigenvalue weighted by molar-refractivity contribution is 0.0701. The van der Waals surface area contributed by atoms with Crippen LogP contribution in [0.2, 0.25) is 0 Å². The second-order valence-electron chi connectivity index (χ2n) is 9.39. The lowest BCUT2D eigenvalue weighted by Crippen LogP contribution is -2.29. The molecule has 0 N–H and O–H groups in total. The minimum Gasteiger partial charge on any atom is -0.489 e. The van der Waals surface area contributed by atoms with E-state index in [4.69, 9.17) is 13.6 Å². The number of aryl methyl sites for hydroxylation is 2. The van der Waals surface area contributed by atoms with Crippen molar-refractivity contribution in [1.29, 1.82) is 0 Å². The van der Waals surface area contributed by atoms with Gasteiger partial charge in [-0.2, -0.15) is 0 Å². The summed E-state index contributed by atoms with van der Waals surface area (Å²) in [5, 5.41) is 0.499. The van der Waals surface area contributed by atoms with Gasteiger partial charge in [0.1, 0.15) is 23.7 Å². The number of nitrogens with zero attached hydrogens (tertiary/aromatic N) is 1. The molecule has 0 aliphatic carbocycles. The van der Waals surface area contributed by atoms with E-state index in [9.17, 15) is 9.59 Å². The van der Waals surface area contributed by atoms with Crippen molar-refractivity contribution in [1.82, 2.24) is 4.90 Å². The number of hydrogen-bond acceptors (Lipinski definition) is 5. The third-order valence-corrected chi connectivity index (χ3v) is 6.74. The second kappa shape index (κ2) is 9.13. The Morgan fingerprint density at radius 1 is 0.919 bits per heavy atom. The summed E-state index contributed by atoms with van der Waals surface area (Å²) >= 11 is 0. The molecule has 3 aromatic carbocycles.